The van der Waals surface area contributed by atoms with Crippen molar-refractivity contribution in [3.8, 4) is 22.6 Å². The Morgan fingerprint density at radius 3 is 2.03 bits per heavy atom. The van der Waals surface area contributed by atoms with Crippen LogP contribution in [0.25, 0.3) is 11.1 Å². The smallest absolute Gasteiger partial charge is 0.336 e. The summed E-state index contributed by atoms with van der Waals surface area (Å²) in [6.45, 7) is 7.16. The summed E-state index contributed by atoms with van der Waals surface area (Å²) in [6, 6.07) is 12.6. The highest BCUT2D eigenvalue weighted by Gasteiger charge is 2.13. The lowest BCUT2D eigenvalue weighted by atomic mass is 9.99. The molecular formula is C28H36O6. The molecule has 0 saturated carbocycles. The van der Waals surface area contributed by atoms with Crippen molar-refractivity contribution in [3.05, 3.63) is 60.7 Å². The van der Waals surface area contributed by atoms with Crippen molar-refractivity contribution >= 4 is 11.9 Å². The number of carboxylic acid groups (broad SMARTS) is 1. The number of aromatic carboxylic acids is 1. The van der Waals surface area contributed by atoms with Gasteiger partial charge in [-0.3, -0.25) is 0 Å². The standard InChI is InChI=1S/C28H36O6/c1-3-5-6-9-19-33-24-16-17-25(28(30)31)26(21-24)22-12-14-23(15-13-22)32-18-10-7-8-11-20-34-27(29)4-2/h4,12-17,21H,2-3,5-11,18-20H2,1H3,(H,30,31). The Morgan fingerprint density at radius 1 is 0.824 bits per heavy atom. The molecule has 0 fully saturated rings. The molecule has 6 heteroatoms. The summed E-state index contributed by atoms with van der Waals surface area (Å²) in [5, 5.41) is 9.61. The van der Waals surface area contributed by atoms with Gasteiger partial charge in [0.15, 0.2) is 0 Å². The normalized spacial score (nSPS) is 10.5. The zero-order valence-electron chi connectivity index (χ0n) is 20.1. The first-order valence-corrected chi connectivity index (χ1v) is 12.1. The van der Waals surface area contributed by atoms with Gasteiger partial charge in [-0.1, -0.05) is 44.9 Å². The third-order valence-electron chi connectivity index (χ3n) is 5.37. The van der Waals surface area contributed by atoms with Crippen LogP contribution in [0.2, 0.25) is 0 Å². The first kappa shape index (κ1) is 27.0. The summed E-state index contributed by atoms with van der Waals surface area (Å²) in [7, 11) is 0. The lowest BCUT2D eigenvalue weighted by Gasteiger charge is -2.12. The van der Waals surface area contributed by atoms with Crippen LogP contribution in [0.4, 0.5) is 0 Å². The number of ether oxygens (including phenoxy) is 3. The summed E-state index contributed by atoms with van der Waals surface area (Å²) in [4.78, 5) is 22.7. The number of carboxylic acids is 1. The molecule has 6 nitrogen and oxygen atoms in total. The molecular weight excluding hydrogens is 432 g/mol. The summed E-state index contributed by atoms with van der Waals surface area (Å²) >= 11 is 0. The maximum absolute atomic E-state index is 11.7. The molecule has 0 aliphatic heterocycles. The lowest BCUT2D eigenvalue weighted by molar-refractivity contribution is -0.137. The van der Waals surface area contributed by atoms with E-state index in [1.807, 2.05) is 24.3 Å². The molecule has 2 rings (SSSR count). The van der Waals surface area contributed by atoms with E-state index in [2.05, 4.69) is 13.5 Å². The number of carbonyl (C=O) groups excluding carboxylic acids is 1. The van der Waals surface area contributed by atoms with Gasteiger partial charge in [-0.25, -0.2) is 9.59 Å². The van der Waals surface area contributed by atoms with Crippen molar-refractivity contribution < 1.29 is 28.9 Å². The first-order chi connectivity index (χ1) is 16.5. The Labute approximate surface area is 202 Å². The average molecular weight is 469 g/mol. The summed E-state index contributed by atoms with van der Waals surface area (Å²) in [5.41, 5.74) is 1.67. The topological polar surface area (TPSA) is 82.1 Å². The molecule has 0 bridgehead atoms. The Balaban J connectivity index is 1.85. The SMILES string of the molecule is C=CC(=O)OCCCCCCOc1ccc(-c2cc(OCCCCCC)ccc2C(=O)O)cc1. The number of rotatable bonds is 17. The highest BCUT2D eigenvalue weighted by Crippen LogP contribution is 2.30. The van der Waals surface area contributed by atoms with Crippen molar-refractivity contribution in [1.29, 1.82) is 0 Å². The average Bonchev–Trinajstić information content (AvgIpc) is 2.85. The molecule has 0 saturated heterocycles. The van der Waals surface area contributed by atoms with E-state index in [0.717, 1.165) is 49.8 Å². The van der Waals surface area contributed by atoms with Gasteiger partial charge in [0, 0.05) is 6.08 Å². The number of unbranched alkanes of at least 4 members (excludes halogenated alkanes) is 6. The number of esters is 1. The van der Waals surface area contributed by atoms with Gasteiger partial charge in [-0.2, -0.15) is 0 Å². The van der Waals surface area contributed by atoms with Crippen molar-refractivity contribution in [1.82, 2.24) is 0 Å². The number of hydrogen-bond donors (Lipinski definition) is 1. The predicted molar refractivity (Wildman–Crippen MR) is 134 cm³/mol. The van der Waals surface area contributed by atoms with Gasteiger partial charge in [0.2, 0.25) is 0 Å². The fraction of sp³-hybridized carbons (Fsp3) is 0.429. The minimum atomic E-state index is -0.968. The van der Waals surface area contributed by atoms with Crippen LogP contribution in [0.15, 0.2) is 55.1 Å². The number of carbonyl (C=O) groups is 2. The van der Waals surface area contributed by atoms with Crippen molar-refractivity contribution in [2.24, 2.45) is 0 Å². The number of benzene rings is 2. The van der Waals surface area contributed by atoms with E-state index in [-0.39, 0.29) is 11.5 Å². The van der Waals surface area contributed by atoms with Gasteiger partial charge in [-0.15, -0.1) is 0 Å². The van der Waals surface area contributed by atoms with E-state index in [1.165, 1.54) is 18.9 Å². The van der Waals surface area contributed by atoms with Crippen LogP contribution in [-0.2, 0) is 9.53 Å². The molecule has 0 amide bonds. The zero-order valence-corrected chi connectivity index (χ0v) is 20.1. The molecule has 0 aliphatic carbocycles. The van der Waals surface area contributed by atoms with Crippen molar-refractivity contribution in [2.45, 2.75) is 58.3 Å². The molecule has 0 aliphatic rings. The van der Waals surface area contributed by atoms with Gasteiger partial charge >= 0.3 is 11.9 Å². The molecule has 0 heterocycles. The van der Waals surface area contributed by atoms with Crippen LogP contribution in [-0.4, -0.2) is 36.9 Å². The van der Waals surface area contributed by atoms with Crippen LogP contribution in [0, 0.1) is 0 Å². The first-order valence-electron chi connectivity index (χ1n) is 12.1. The molecule has 34 heavy (non-hydrogen) atoms. The maximum Gasteiger partial charge on any atom is 0.336 e. The van der Waals surface area contributed by atoms with E-state index in [1.54, 1.807) is 18.2 Å². The molecule has 2 aromatic carbocycles. The van der Waals surface area contributed by atoms with Gasteiger partial charge < -0.3 is 19.3 Å². The molecule has 0 radical (unpaired) electrons. The second-order valence-electron chi connectivity index (χ2n) is 8.08. The van der Waals surface area contributed by atoms with Gasteiger partial charge in [0.05, 0.1) is 25.4 Å². The highest BCUT2D eigenvalue weighted by atomic mass is 16.5. The third kappa shape index (κ3) is 9.69. The molecule has 184 valence electrons. The van der Waals surface area contributed by atoms with Crippen LogP contribution in [0.3, 0.4) is 0 Å². The van der Waals surface area contributed by atoms with Gasteiger partial charge in [-0.05, 0) is 73.6 Å². The minimum Gasteiger partial charge on any atom is -0.494 e. The van der Waals surface area contributed by atoms with Crippen LogP contribution < -0.4 is 9.47 Å². The van der Waals surface area contributed by atoms with E-state index in [9.17, 15) is 14.7 Å². The molecule has 0 spiro atoms. The van der Waals surface area contributed by atoms with Crippen molar-refractivity contribution in [2.75, 3.05) is 19.8 Å². The van der Waals surface area contributed by atoms with Crippen LogP contribution in [0.5, 0.6) is 11.5 Å². The van der Waals surface area contributed by atoms with Crippen molar-refractivity contribution in [3.63, 3.8) is 0 Å². The highest BCUT2D eigenvalue weighted by molar-refractivity contribution is 5.96. The predicted octanol–water partition coefficient (Wildman–Crippen LogP) is 6.68. The molecule has 2 aromatic rings. The Bertz CT molecular complexity index is 904. The fourth-order valence-corrected chi connectivity index (χ4v) is 3.47. The Hall–Kier alpha value is -3.28. The summed E-state index contributed by atoms with van der Waals surface area (Å²) in [6.07, 6.45) is 9.31. The third-order valence-corrected chi connectivity index (χ3v) is 5.37. The second kappa shape index (κ2) is 15.5. The molecule has 0 unspecified atom stereocenters. The zero-order chi connectivity index (χ0) is 24.6. The second-order valence-corrected chi connectivity index (χ2v) is 8.08. The van der Waals surface area contributed by atoms with E-state index < -0.39 is 5.97 Å². The molecule has 0 atom stereocenters. The minimum absolute atomic E-state index is 0.241. The van der Waals surface area contributed by atoms with Crippen LogP contribution >= 0.6 is 0 Å². The number of hydrogen-bond acceptors (Lipinski definition) is 5. The maximum atomic E-state index is 11.7. The van der Waals surface area contributed by atoms with E-state index >= 15 is 0 Å². The molecule has 1 N–H and O–H groups in total. The Morgan fingerprint density at radius 2 is 1.41 bits per heavy atom. The van der Waals surface area contributed by atoms with Gasteiger partial charge in [0.25, 0.3) is 0 Å². The fourth-order valence-electron chi connectivity index (χ4n) is 3.47. The van der Waals surface area contributed by atoms with Crippen LogP contribution in [0.1, 0.15) is 68.6 Å². The largest absolute Gasteiger partial charge is 0.494 e. The monoisotopic (exact) mass is 468 g/mol. The Kier molecular flexibility index (Phi) is 12.3. The van der Waals surface area contributed by atoms with E-state index in [0.29, 0.717) is 31.1 Å². The molecule has 0 aromatic heterocycles. The van der Waals surface area contributed by atoms with E-state index in [4.69, 9.17) is 14.2 Å². The lowest BCUT2D eigenvalue weighted by Crippen LogP contribution is -2.03. The summed E-state index contributed by atoms with van der Waals surface area (Å²) < 4.78 is 16.6. The summed E-state index contributed by atoms with van der Waals surface area (Å²) in [5.74, 6) is 0.0629. The van der Waals surface area contributed by atoms with Gasteiger partial charge in [0.1, 0.15) is 11.5 Å². The quantitative estimate of drug-likeness (QED) is 0.158.